The molecule has 0 amide bonds. The van der Waals surface area contributed by atoms with Crippen LogP contribution in [0, 0.1) is 0 Å². The van der Waals surface area contributed by atoms with E-state index in [4.69, 9.17) is 4.74 Å². The summed E-state index contributed by atoms with van der Waals surface area (Å²) < 4.78 is 16.6. The summed E-state index contributed by atoms with van der Waals surface area (Å²) in [5.41, 5.74) is 2.85. The van der Waals surface area contributed by atoms with Crippen LogP contribution in [0.2, 0.25) is 0 Å². The molecule has 4 heteroatoms. The first kappa shape index (κ1) is 15.5. The molecule has 0 bridgehead atoms. The molecule has 2 rings (SSSR count). The fraction of sp³-hybridized carbons (Fsp3) is 0.625. The summed E-state index contributed by atoms with van der Waals surface area (Å²) in [6, 6.07) is 6.93. The van der Waals surface area contributed by atoms with Crippen molar-refractivity contribution in [3.8, 4) is 5.75 Å². The molecule has 0 radical (unpaired) electrons. The molecule has 1 aromatic rings. The summed E-state index contributed by atoms with van der Waals surface area (Å²) in [5, 5.41) is 3.89. The van der Waals surface area contributed by atoms with Gasteiger partial charge in [0.05, 0.1) is 7.11 Å². The summed E-state index contributed by atoms with van der Waals surface area (Å²) in [6.07, 6.45) is 6.14. The lowest BCUT2D eigenvalue weighted by molar-refractivity contribution is 0.410. The quantitative estimate of drug-likeness (QED) is 0.875. The van der Waals surface area contributed by atoms with Crippen molar-refractivity contribution in [3.05, 3.63) is 29.3 Å². The van der Waals surface area contributed by atoms with E-state index in [-0.39, 0.29) is 5.25 Å². The Bertz CT molecular complexity index is 476. The molecule has 0 saturated heterocycles. The Morgan fingerprint density at radius 1 is 1.45 bits per heavy atom. The normalized spacial score (nSPS) is 21.1. The Kier molecular flexibility index (Phi) is 5.61. The SMILES string of the molecule is COc1ccc2c(c1)C[C@H](NCC[C@@H](C)[S@](C)=O)CC2. The van der Waals surface area contributed by atoms with Crippen molar-refractivity contribution in [2.75, 3.05) is 19.9 Å². The number of nitrogens with one attached hydrogen (secondary N) is 1. The van der Waals surface area contributed by atoms with E-state index >= 15 is 0 Å². The van der Waals surface area contributed by atoms with Crippen molar-refractivity contribution in [1.29, 1.82) is 0 Å². The van der Waals surface area contributed by atoms with Crippen LogP contribution in [0.15, 0.2) is 18.2 Å². The molecule has 0 spiro atoms. The van der Waals surface area contributed by atoms with Crippen molar-refractivity contribution >= 4 is 10.8 Å². The van der Waals surface area contributed by atoms with Crippen molar-refractivity contribution in [1.82, 2.24) is 5.32 Å². The third-order valence-corrected chi connectivity index (χ3v) is 5.56. The first-order chi connectivity index (χ1) is 9.60. The van der Waals surface area contributed by atoms with Crippen molar-refractivity contribution < 1.29 is 8.95 Å². The van der Waals surface area contributed by atoms with Gasteiger partial charge in [0, 0.05) is 28.3 Å². The van der Waals surface area contributed by atoms with Gasteiger partial charge >= 0.3 is 0 Å². The van der Waals surface area contributed by atoms with E-state index in [0.717, 1.165) is 31.6 Å². The van der Waals surface area contributed by atoms with Crippen LogP contribution in [0.5, 0.6) is 5.75 Å². The van der Waals surface area contributed by atoms with Gasteiger partial charge in [-0.1, -0.05) is 13.0 Å². The number of benzene rings is 1. The summed E-state index contributed by atoms with van der Waals surface area (Å²) >= 11 is 0. The van der Waals surface area contributed by atoms with Gasteiger partial charge in [-0.3, -0.25) is 4.21 Å². The average Bonchev–Trinajstić information content (AvgIpc) is 2.46. The molecule has 0 unspecified atom stereocenters. The highest BCUT2D eigenvalue weighted by atomic mass is 32.2. The molecule has 0 fully saturated rings. The lowest BCUT2D eigenvalue weighted by Gasteiger charge is -2.26. The fourth-order valence-corrected chi connectivity index (χ4v) is 3.14. The molecule has 0 heterocycles. The molecule has 3 nitrogen and oxygen atoms in total. The second-order valence-corrected chi connectivity index (χ2v) is 7.43. The lowest BCUT2D eigenvalue weighted by atomic mass is 9.88. The molecule has 0 aliphatic heterocycles. The maximum atomic E-state index is 11.3. The number of aryl methyl sites for hydroxylation is 1. The standard InChI is InChI=1S/C16H25NO2S/c1-12(20(3)18)8-9-17-15-6-4-13-5-7-16(19-2)11-14(13)10-15/h5,7,11-12,15,17H,4,6,8-10H2,1-3H3/t12-,15-,20+/m1/s1. The van der Waals surface area contributed by atoms with Crippen molar-refractivity contribution in [2.45, 2.75) is 43.9 Å². The van der Waals surface area contributed by atoms with Crippen LogP contribution in [0.4, 0.5) is 0 Å². The average molecular weight is 295 g/mol. The smallest absolute Gasteiger partial charge is 0.119 e. The van der Waals surface area contributed by atoms with E-state index in [2.05, 4.69) is 24.4 Å². The summed E-state index contributed by atoms with van der Waals surface area (Å²) in [5.74, 6) is 0.944. The minimum absolute atomic E-state index is 0.276. The maximum Gasteiger partial charge on any atom is 0.119 e. The first-order valence-corrected chi connectivity index (χ1v) is 8.93. The number of hydrogen-bond acceptors (Lipinski definition) is 3. The molecule has 0 saturated carbocycles. The fourth-order valence-electron chi connectivity index (χ4n) is 2.69. The first-order valence-electron chi connectivity index (χ1n) is 7.31. The van der Waals surface area contributed by atoms with Gasteiger partial charge in [-0.2, -0.15) is 0 Å². The highest BCUT2D eigenvalue weighted by Gasteiger charge is 2.19. The lowest BCUT2D eigenvalue weighted by Crippen LogP contribution is -2.36. The van der Waals surface area contributed by atoms with Crippen molar-refractivity contribution in [2.24, 2.45) is 0 Å². The van der Waals surface area contributed by atoms with Gasteiger partial charge in [0.1, 0.15) is 5.75 Å². The Hall–Kier alpha value is -0.870. The Labute approximate surface area is 124 Å². The van der Waals surface area contributed by atoms with Gasteiger partial charge in [0.25, 0.3) is 0 Å². The van der Waals surface area contributed by atoms with Crippen LogP contribution < -0.4 is 10.1 Å². The predicted molar refractivity (Wildman–Crippen MR) is 85.0 cm³/mol. The van der Waals surface area contributed by atoms with Gasteiger partial charge < -0.3 is 10.1 Å². The van der Waals surface area contributed by atoms with Crippen LogP contribution in [0.3, 0.4) is 0 Å². The minimum Gasteiger partial charge on any atom is -0.497 e. The number of methoxy groups -OCH3 is 1. The molecule has 1 aliphatic rings. The second kappa shape index (κ2) is 7.23. The molecule has 1 N–H and O–H groups in total. The summed E-state index contributed by atoms with van der Waals surface area (Å²) in [6.45, 7) is 3.00. The molecule has 1 aromatic carbocycles. The summed E-state index contributed by atoms with van der Waals surface area (Å²) in [4.78, 5) is 0. The highest BCUT2D eigenvalue weighted by molar-refractivity contribution is 7.84. The van der Waals surface area contributed by atoms with Crippen LogP contribution >= 0.6 is 0 Å². The third-order valence-electron chi connectivity index (χ3n) is 4.19. The number of fused-ring (bicyclic) bond motifs is 1. The van der Waals surface area contributed by atoms with E-state index in [0.29, 0.717) is 6.04 Å². The zero-order chi connectivity index (χ0) is 14.5. The Morgan fingerprint density at radius 2 is 2.25 bits per heavy atom. The topological polar surface area (TPSA) is 38.3 Å². The van der Waals surface area contributed by atoms with Gasteiger partial charge in [0.15, 0.2) is 0 Å². The van der Waals surface area contributed by atoms with E-state index < -0.39 is 10.8 Å². The molecular weight excluding hydrogens is 270 g/mol. The van der Waals surface area contributed by atoms with Gasteiger partial charge in [-0.05, 0) is 55.5 Å². The van der Waals surface area contributed by atoms with Gasteiger partial charge in [-0.15, -0.1) is 0 Å². The molecule has 1 aliphatic carbocycles. The molecule has 112 valence electrons. The third kappa shape index (κ3) is 4.06. The second-order valence-electron chi connectivity index (χ2n) is 5.63. The van der Waals surface area contributed by atoms with Crippen LogP contribution in [0.1, 0.15) is 30.9 Å². The van der Waals surface area contributed by atoms with Crippen LogP contribution in [-0.4, -0.2) is 35.4 Å². The van der Waals surface area contributed by atoms with E-state index in [1.54, 1.807) is 13.4 Å². The molecular formula is C16H25NO2S. The zero-order valence-corrected chi connectivity index (χ0v) is 13.5. The van der Waals surface area contributed by atoms with Crippen LogP contribution in [0.25, 0.3) is 0 Å². The van der Waals surface area contributed by atoms with Gasteiger partial charge in [0.2, 0.25) is 0 Å². The molecule has 3 atom stereocenters. The highest BCUT2D eigenvalue weighted by Crippen LogP contribution is 2.25. The monoisotopic (exact) mass is 295 g/mol. The zero-order valence-electron chi connectivity index (χ0n) is 12.6. The van der Waals surface area contributed by atoms with E-state index in [1.165, 1.54) is 17.5 Å². The van der Waals surface area contributed by atoms with Gasteiger partial charge in [-0.25, -0.2) is 0 Å². The Balaban J connectivity index is 1.86. The number of ether oxygens (including phenoxy) is 1. The predicted octanol–water partition coefficient (Wildman–Crippen LogP) is 2.30. The number of hydrogen-bond donors (Lipinski definition) is 1. The van der Waals surface area contributed by atoms with Crippen molar-refractivity contribution in [3.63, 3.8) is 0 Å². The molecule has 20 heavy (non-hydrogen) atoms. The summed E-state index contributed by atoms with van der Waals surface area (Å²) in [7, 11) is 1.00. The maximum absolute atomic E-state index is 11.3. The largest absolute Gasteiger partial charge is 0.497 e. The van der Waals surface area contributed by atoms with Crippen LogP contribution in [-0.2, 0) is 23.6 Å². The number of rotatable bonds is 6. The van der Waals surface area contributed by atoms with E-state index in [9.17, 15) is 4.21 Å². The molecule has 0 aromatic heterocycles. The van der Waals surface area contributed by atoms with E-state index in [1.807, 2.05) is 6.07 Å². The minimum atomic E-state index is -0.714. The Morgan fingerprint density at radius 3 is 2.95 bits per heavy atom.